The lowest BCUT2D eigenvalue weighted by Crippen LogP contribution is -2.32. The Morgan fingerprint density at radius 1 is 1.77 bits per heavy atom. The SMILES string of the molecule is Cn1ccc(C(=O)NCC(N)=S)c1. The lowest BCUT2D eigenvalue weighted by atomic mass is 10.3. The molecule has 0 bridgehead atoms. The second-order valence-corrected chi connectivity index (χ2v) is 3.24. The maximum Gasteiger partial charge on any atom is 0.253 e. The molecule has 1 amide bonds. The summed E-state index contributed by atoms with van der Waals surface area (Å²) in [5.74, 6) is -0.159. The number of carbonyl (C=O) groups excluding carboxylic acids is 1. The summed E-state index contributed by atoms with van der Waals surface area (Å²) in [4.78, 5) is 11.6. The number of rotatable bonds is 3. The number of nitrogens with one attached hydrogen (secondary N) is 1. The van der Waals surface area contributed by atoms with Gasteiger partial charge in [-0.25, -0.2) is 0 Å². The molecule has 0 aliphatic rings. The van der Waals surface area contributed by atoms with Crippen molar-refractivity contribution in [3.63, 3.8) is 0 Å². The fourth-order valence-corrected chi connectivity index (χ4v) is 0.979. The van der Waals surface area contributed by atoms with E-state index < -0.39 is 0 Å². The number of thiocarbonyl (C=S) groups is 1. The van der Waals surface area contributed by atoms with E-state index in [0.29, 0.717) is 5.56 Å². The highest BCUT2D eigenvalue weighted by atomic mass is 32.1. The Morgan fingerprint density at radius 3 is 2.92 bits per heavy atom. The minimum atomic E-state index is -0.159. The van der Waals surface area contributed by atoms with Crippen LogP contribution in [0.1, 0.15) is 10.4 Å². The van der Waals surface area contributed by atoms with E-state index in [2.05, 4.69) is 17.5 Å². The zero-order chi connectivity index (χ0) is 9.84. The first-order chi connectivity index (χ1) is 6.09. The monoisotopic (exact) mass is 197 g/mol. The molecule has 1 heterocycles. The molecule has 0 saturated heterocycles. The summed E-state index contributed by atoms with van der Waals surface area (Å²) in [6, 6.07) is 1.73. The van der Waals surface area contributed by atoms with Crippen molar-refractivity contribution >= 4 is 23.1 Å². The Morgan fingerprint density at radius 2 is 2.46 bits per heavy atom. The molecule has 0 atom stereocenters. The van der Waals surface area contributed by atoms with Crippen LogP contribution in [0.15, 0.2) is 18.5 Å². The third kappa shape index (κ3) is 2.87. The molecular weight excluding hydrogens is 186 g/mol. The normalized spacial score (nSPS) is 9.62. The zero-order valence-electron chi connectivity index (χ0n) is 7.28. The van der Waals surface area contributed by atoms with Crippen LogP contribution in [0.2, 0.25) is 0 Å². The highest BCUT2D eigenvalue weighted by molar-refractivity contribution is 7.80. The maximum atomic E-state index is 11.3. The van der Waals surface area contributed by atoms with Gasteiger partial charge in [-0.15, -0.1) is 0 Å². The molecule has 0 unspecified atom stereocenters. The van der Waals surface area contributed by atoms with E-state index in [1.54, 1.807) is 23.0 Å². The van der Waals surface area contributed by atoms with Crippen molar-refractivity contribution in [2.24, 2.45) is 12.8 Å². The van der Waals surface area contributed by atoms with Gasteiger partial charge in [0.25, 0.3) is 5.91 Å². The largest absolute Gasteiger partial charge is 0.392 e. The zero-order valence-corrected chi connectivity index (χ0v) is 8.10. The lowest BCUT2D eigenvalue weighted by molar-refractivity contribution is 0.0959. The van der Waals surface area contributed by atoms with Crippen molar-refractivity contribution in [2.45, 2.75) is 0 Å². The van der Waals surface area contributed by atoms with Gasteiger partial charge in [0, 0.05) is 19.4 Å². The maximum absolute atomic E-state index is 11.3. The second kappa shape index (κ2) is 4.04. The van der Waals surface area contributed by atoms with Crippen LogP contribution in [0.25, 0.3) is 0 Å². The van der Waals surface area contributed by atoms with Crippen LogP contribution in [-0.4, -0.2) is 22.0 Å². The molecule has 4 nitrogen and oxygen atoms in total. The molecule has 0 spiro atoms. The topological polar surface area (TPSA) is 60.0 Å². The van der Waals surface area contributed by atoms with Gasteiger partial charge < -0.3 is 15.6 Å². The number of hydrogen-bond acceptors (Lipinski definition) is 2. The predicted molar refractivity (Wildman–Crippen MR) is 54.5 cm³/mol. The van der Waals surface area contributed by atoms with E-state index in [1.165, 1.54) is 0 Å². The highest BCUT2D eigenvalue weighted by Crippen LogP contribution is 1.98. The van der Waals surface area contributed by atoms with Crippen molar-refractivity contribution in [1.29, 1.82) is 0 Å². The van der Waals surface area contributed by atoms with Gasteiger partial charge in [0.2, 0.25) is 0 Å². The second-order valence-electron chi connectivity index (χ2n) is 2.71. The van der Waals surface area contributed by atoms with E-state index in [1.807, 2.05) is 7.05 Å². The number of nitrogens with zero attached hydrogens (tertiary/aromatic N) is 1. The van der Waals surface area contributed by atoms with Crippen LogP contribution < -0.4 is 11.1 Å². The van der Waals surface area contributed by atoms with E-state index in [-0.39, 0.29) is 17.4 Å². The molecule has 0 aliphatic heterocycles. The number of amides is 1. The van der Waals surface area contributed by atoms with Gasteiger partial charge in [-0.3, -0.25) is 4.79 Å². The fourth-order valence-electron chi connectivity index (χ4n) is 0.907. The molecule has 0 saturated carbocycles. The summed E-state index contributed by atoms with van der Waals surface area (Å²) in [5.41, 5.74) is 5.85. The number of aromatic nitrogens is 1. The summed E-state index contributed by atoms with van der Waals surface area (Å²) in [6.45, 7) is 0.239. The quantitative estimate of drug-likeness (QED) is 0.673. The van der Waals surface area contributed by atoms with Gasteiger partial charge in [-0.2, -0.15) is 0 Å². The standard InChI is InChI=1S/C8H11N3OS/c1-11-3-2-6(5-11)8(12)10-4-7(9)13/h2-3,5H,4H2,1H3,(H2,9,13)(H,10,12). The molecular formula is C8H11N3OS. The average Bonchev–Trinajstić information content (AvgIpc) is 2.47. The van der Waals surface area contributed by atoms with Crippen LogP contribution in [-0.2, 0) is 7.05 Å². The van der Waals surface area contributed by atoms with Crippen molar-refractivity contribution in [1.82, 2.24) is 9.88 Å². The van der Waals surface area contributed by atoms with Crippen molar-refractivity contribution in [3.05, 3.63) is 24.0 Å². The molecule has 1 rings (SSSR count). The van der Waals surface area contributed by atoms with Crippen molar-refractivity contribution in [3.8, 4) is 0 Å². The Hall–Kier alpha value is -1.36. The molecule has 1 aromatic rings. The minimum absolute atomic E-state index is 0.159. The number of carbonyl (C=O) groups is 1. The van der Waals surface area contributed by atoms with Crippen LogP contribution in [0.5, 0.6) is 0 Å². The summed E-state index contributed by atoms with van der Waals surface area (Å²) >= 11 is 4.63. The number of nitrogens with two attached hydrogens (primary N) is 1. The van der Waals surface area contributed by atoms with Gasteiger partial charge >= 0.3 is 0 Å². The first-order valence-electron chi connectivity index (χ1n) is 3.78. The Balaban J connectivity index is 2.54. The predicted octanol–water partition coefficient (Wildman–Crippen LogP) is 0.0410. The fraction of sp³-hybridized carbons (Fsp3) is 0.250. The molecule has 0 aromatic carbocycles. The third-order valence-corrected chi connectivity index (χ3v) is 1.66. The van der Waals surface area contributed by atoms with Gasteiger partial charge in [0.1, 0.15) is 0 Å². The van der Waals surface area contributed by atoms with Gasteiger partial charge in [0.15, 0.2) is 0 Å². The Bertz CT molecular complexity index is 332. The van der Waals surface area contributed by atoms with E-state index >= 15 is 0 Å². The minimum Gasteiger partial charge on any atom is -0.392 e. The molecule has 3 N–H and O–H groups in total. The van der Waals surface area contributed by atoms with E-state index in [9.17, 15) is 4.79 Å². The summed E-state index contributed by atoms with van der Waals surface area (Å²) in [5, 5.41) is 2.59. The highest BCUT2D eigenvalue weighted by Gasteiger charge is 2.05. The molecule has 5 heteroatoms. The molecule has 13 heavy (non-hydrogen) atoms. The first-order valence-corrected chi connectivity index (χ1v) is 4.19. The number of hydrogen-bond donors (Lipinski definition) is 2. The van der Waals surface area contributed by atoms with Crippen molar-refractivity contribution < 1.29 is 4.79 Å². The van der Waals surface area contributed by atoms with Gasteiger partial charge in [0.05, 0.1) is 17.1 Å². The average molecular weight is 197 g/mol. The summed E-state index contributed by atoms with van der Waals surface area (Å²) < 4.78 is 1.80. The van der Waals surface area contributed by atoms with Gasteiger partial charge in [-0.1, -0.05) is 12.2 Å². The summed E-state index contributed by atoms with van der Waals surface area (Å²) in [6.07, 6.45) is 3.53. The molecule has 1 aromatic heterocycles. The molecule has 0 fully saturated rings. The van der Waals surface area contributed by atoms with Crippen LogP contribution in [0.4, 0.5) is 0 Å². The molecule has 0 aliphatic carbocycles. The van der Waals surface area contributed by atoms with Gasteiger partial charge in [-0.05, 0) is 6.07 Å². The van der Waals surface area contributed by atoms with E-state index in [4.69, 9.17) is 5.73 Å². The Kier molecular flexibility index (Phi) is 3.02. The summed E-state index contributed by atoms with van der Waals surface area (Å²) in [7, 11) is 1.85. The molecule has 0 radical (unpaired) electrons. The lowest BCUT2D eigenvalue weighted by Gasteiger charge is -2.00. The van der Waals surface area contributed by atoms with Crippen LogP contribution >= 0.6 is 12.2 Å². The van der Waals surface area contributed by atoms with Crippen molar-refractivity contribution in [2.75, 3.05) is 6.54 Å². The molecule has 70 valence electrons. The smallest absolute Gasteiger partial charge is 0.253 e. The third-order valence-electron chi connectivity index (χ3n) is 1.52. The van der Waals surface area contributed by atoms with Crippen LogP contribution in [0, 0.1) is 0 Å². The van der Waals surface area contributed by atoms with E-state index in [0.717, 1.165) is 0 Å². The number of aryl methyl sites for hydroxylation is 1. The Labute approximate surface area is 81.7 Å². The van der Waals surface area contributed by atoms with Crippen LogP contribution in [0.3, 0.4) is 0 Å². The first kappa shape index (κ1) is 9.73.